The van der Waals surface area contributed by atoms with Gasteiger partial charge in [-0.1, -0.05) is 0 Å². The lowest BCUT2D eigenvalue weighted by Crippen LogP contribution is -2.31. The Morgan fingerprint density at radius 2 is 2.29 bits per heavy atom. The SMILES string of the molecule is Cc1csc2c(N3CCC[C@@H]3C[C@H](O)c3cnn(C)c3)ncnc12. The molecule has 0 radical (unpaired) electrons. The molecule has 4 rings (SSSR count). The van der Waals surface area contributed by atoms with Crippen LogP contribution in [0.15, 0.2) is 24.1 Å². The molecular formula is C17H21N5OS. The lowest BCUT2D eigenvalue weighted by Gasteiger charge is -2.27. The van der Waals surface area contributed by atoms with Crippen molar-refractivity contribution in [3.8, 4) is 0 Å². The van der Waals surface area contributed by atoms with E-state index in [1.807, 2.05) is 13.2 Å². The quantitative estimate of drug-likeness (QED) is 0.789. The highest BCUT2D eigenvalue weighted by atomic mass is 32.1. The van der Waals surface area contributed by atoms with Crippen molar-refractivity contribution < 1.29 is 5.11 Å². The van der Waals surface area contributed by atoms with Crippen LogP contribution in [-0.2, 0) is 7.05 Å². The van der Waals surface area contributed by atoms with Crippen molar-refractivity contribution >= 4 is 27.4 Å². The van der Waals surface area contributed by atoms with Crippen LogP contribution in [0.25, 0.3) is 10.2 Å². The Labute approximate surface area is 144 Å². The Kier molecular flexibility index (Phi) is 3.97. The molecule has 1 saturated heterocycles. The molecule has 2 atom stereocenters. The van der Waals surface area contributed by atoms with E-state index in [4.69, 9.17) is 0 Å². The van der Waals surface area contributed by atoms with E-state index in [2.05, 4.69) is 32.3 Å². The monoisotopic (exact) mass is 343 g/mol. The zero-order valence-electron chi connectivity index (χ0n) is 13.9. The largest absolute Gasteiger partial charge is 0.388 e. The Bertz CT molecular complexity index is 858. The van der Waals surface area contributed by atoms with Gasteiger partial charge < -0.3 is 10.0 Å². The molecule has 24 heavy (non-hydrogen) atoms. The van der Waals surface area contributed by atoms with E-state index in [0.717, 1.165) is 41.0 Å². The van der Waals surface area contributed by atoms with E-state index in [1.54, 1.807) is 28.5 Å². The average molecular weight is 343 g/mol. The predicted octanol–water partition coefficient (Wildman–Crippen LogP) is 2.83. The molecule has 4 heterocycles. The van der Waals surface area contributed by atoms with Gasteiger partial charge in [-0.3, -0.25) is 4.68 Å². The Hall–Kier alpha value is -1.99. The van der Waals surface area contributed by atoms with Gasteiger partial charge in [0, 0.05) is 31.4 Å². The number of hydrogen-bond acceptors (Lipinski definition) is 6. The smallest absolute Gasteiger partial charge is 0.150 e. The van der Waals surface area contributed by atoms with Gasteiger partial charge in [0.1, 0.15) is 12.1 Å². The van der Waals surface area contributed by atoms with E-state index in [0.29, 0.717) is 12.5 Å². The van der Waals surface area contributed by atoms with Gasteiger partial charge in [-0.15, -0.1) is 11.3 Å². The third kappa shape index (κ3) is 2.67. The molecule has 0 unspecified atom stereocenters. The summed E-state index contributed by atoms with van der Waals surface area (Å²) in [5.74, 6) is 1.01. The molecule has 1 aliphatic heterocycles. The van der Waals surface area contributed by atoms with Crippen LogP contribution < -0.4 is 4.90 Å². The van der Waals surface area contributed by atoms with Gasteiger partial charge in [0.25, 0.3) is 0 Å². The summed E-state index contributed by atoms with van der Waals surface area (Å²) >= 11 is 1.71. The number of anilines is 1. The summed E-state index contributed by atoms with van der Waals surface area (Å²) in [6.45, 7) is 3.07. The number of aliphatic hydroxyl groups is 1. The summed E-state index contributed by atoms with van der Waals surface area (Å²) in [7, 11) is 1.87. The maximum absolute atomic E-state index is 10.6. The van der Waals surface area contributed by atoms with Gasteiger partial charge in [0.2, 0.25) is 0 Å². The molecule has 1 fully saturated rings. The van der Waals surface area contributed by atoms with Gasteiger partial charge >= 0.3 is 0 Å². The fraction of sp³-hybridized carbons (Fsp3) is 0.471. The molecule has 6 nitrogen and oxygen atoms in total. The molecule has 1 N–H and O–H groups in total. The van der Waals surface area contributed by atoms with Crippen LogP contribution in [0.2, 0.25) is 0 Å². The minimum absolute atomic E-state index is 0.292. The first-order chi connectivity index (χ1) is 11.6. The zero-order chi connectivity index (χ0) is 16.7. The van der Waals surface area contributed by atoms with Crippen molar-refractivity contribution in [3.63, 3.8) is 0 Å². The normalized spacial score (nSPS) is 19.3. The topological polar surface area (TPSA) is 67.1 Å². The number of thiophene rings is 1. The van der Waals surface area contributed by atoms with Gasteiger partial charge in [-0.05, 0) is 37.1 Å². The Balaban J connectivity index is 1.60. The molecule has 126 valence electrons. The molecule has 0 aliphatic carbocycles. The van der Waals surface area contributed by atoms with E-state index in [1.165, 1.54) is 5.56 Å². The van der Waals surface area contributed by atoms with Crippen LogP contribution in [0.1, 0.15) is 36.5 Å². The second-order valence-electron chi connectivity index (χ2n) is 6.48. The van der Waals surface area contributed by atoms with Crippen LogP contribution in [0.3, 0.4) is 0 Å². The highest BCUT2D eigenvalue weighted by molar-refractivity contribution is 7.18. The molecule has 0 amide bonds. The molecular weight excluding hydrogens is 322 g/mol. The minimum atomic E-state index is -0.494. The summed E-state index contributed by atoms with van der Waals surface area (Å²) in [5.41, 5.74) is 3.12. The lowest BCUT2D eigenvalue weighted by atomic mass is 10.0. The van der Waals surface area contributed by atoms with Crippen LogP contribution >= 0.6 is 11.3 Å². The fourth-order valence-corrected chi connectivity index (χ4v) is 4.53. The number of hydrogen-bond donors (Lipinski definition) is 1. The first-order valence-electron chi connectivity index (χ1n) is 8.25. The molecule has 0 bridgehead atoms. The lowest BCUT2D eigenvalue weighted by molar-refractivity contribution is 0.158. The molecule has 3 aromatic heterocycles. The summed E-state index contributed by atoms with van der Waals surface area (Å²) in [6.07, 6.45) is 7.69. The van der Waals surface area contributed by atoms with E-state index < -0.39 is 6.10 Å². The highest BCUT2D eigenvalue weighted by Crippen LogP contribution is 2.36. The van der Waals surface area contributed by atoms with Crippen LogP contribution in [0.4, 0.5) is 5.82 Å². The second kappa shape index (κ2) is 6.14. The van der Waals surface area contributed by atoms with Gasteiger partial charge in [0.15, 0.2) is 0 Å². The Morgan fingerprint density at radius 1 is 1.42 bits per heavy atom. The number of aliphatic hydroxyl groups excluding tert-OH is 1. The van der Waals surface area contributed by atoms with E-state index in [9.17, 15) is 5.11 Å². The molecule has 3 aromatic rings. The summed E-state index contributed by atoms with van der Waals surface area (Å²) in [5, 5.41) is 16.9. The van der Waals surface area contributed by atoms with Crippen molar-refractivity contribution in [2.75, 3.05) is 11.4 Å². The summed E-state index contributed by atoms with van der Waals surface area (Å²) in [4.78, 5) is 11.3. The molecule has 7 heteroatoms. The Morgan fingerprint density at radius 3 is 3.08 bits per heavy atom. The van der Waals surface area contributed by atoms with Crippen LogP contribution in [0, 0.1) is 6.92 Å². The predicted molar refractivity (Wildman–Crippen MR) is 95.3 cm³/mol. The zero-order valence-corrected chi connectivity index (χ0v) is 14.7. The fourth-order valence-electron chi connectivity index (χ4n) is 3.53. The molecule has 0 aromatic carbocycles. The summed E-state index contributed by atoms with van der Waals surface area (Å²) < 4.78 is 2.88. The molecule has 1 aliphatic rings. The van der Waals surface area contributed by atoms with Crippen molar-refractivity contribution in [2.45, 2.75) is 38.3 Å². The van der Waals surface area contributed by atoms with Crippen LogP contribution in [0.5, 0.6) is 0 Å². The maximum Gasteiger partial charge on any atom is 0.150 e. The first-order valence-corrected chi connectivity index (χ1v) is 9.13. The van der Waals surface area contributed by atoms with Crippen molar-refractivity contribution in [2.24, 2.45) is 7.05 Å². The number of aromatic nitrogens is 4. The number of aryl methyl sites for hydroxylation is 2. The van der Waals surface area contributed by atoms with E-state index in [-0.39, 0.29) is 0 Å². The van der Waals surface area contributed by atoms with Gasteiger partial charge in [0.05, 0.1) is 22.5 Å². The van der Waals surface area contributed by atoms with Gasteiger partial charge in [-0.2, -0.15) is 5.10 Å². The van der Waals surface area contributed by atoms with Gasteiger partial charge in [-0.25, -0.2) is 9.97 Å². The minimum Gasteiger partial charge on any atom is -0.388 e. The standard InChI is InChI=1S/C17H21N5OS/c1-11-9-24-16-15(11)18-10-19-17(16)22-5-3-4-13(22)6-14(23)12-7-20-21(2)8-12/h7-10,13-14,23H,3-6H2,1-2H3/t13-,14+/m1/s1. The van der Waals surface area contributed by atoms with Crippen molar-refractivity contribution in [1.29, 1.82) is 0 Å². The highest BCUT2D eigenvalue weighted by Gasteiger charge is 2.30. The van der Waals surface area contributed by atoms with Crippen LogP contribution in [-0.4, -0.2) is 37.4 Å². The second-order valence-corrected chi connectivity index (χ2v) is 7.36. The maximum atomic E-state index is 10.6. The number of fused-ring (bicyclic) bond motifs is 1. The first kappa shape index (κ1) is 15.5. The molecule has 0 spiro atoms. The average Bonchev–Trinajstić information content (AvgIpc) is 3.28. The number of nitrogens with zero attached hydrogens (tertiary/aromatic N) is 5. The third-order valence-electron chi connectivity index (χ3n) is 4.77. The van der Waals surface area contributed by atoms with Crippen molar-refractivity contribution in [1.82, 2.24) is 19.7 Å². The molecule has 0 saturated carbocycles. The number of rotatable bonds is 4. The third-order valence-corrected chi connectivity index (χ3v) is 5.85. The van der Waals surface area contributed by atoms with E-state index >= 15 is 0 Å². The summed E-state index contributed by atoms with van der Waals surface area (Å²) in [6, 6.07) is 0.292. The van der Waals surface area contributed by atoms with Crippen molar-refractivity contribution in [3.05, 3.63) is 35.2 Å².